The summed E-state index contributed by atoms with van der Waals surface area (Å²) < 4.78 is 20.5. The predicted molar refractivity (Wildman–Crippen MR) is 121 cm³/mol. The maximum absolute atomic E-state index is 13.6. The van der Waals surface area contributed by atoms with Gasteiger partial charge in [-0.15, -0.1) is 0 Å². The molecule has 0 aliphatic rings. The fourth-order valence-electron chi connectivity index (χ4n) is 3.55. The normalized spacial score (nSPS) is 15.1. The summed E-state index contributed by atoms with van der Waals surface area (Å²) in [6, 6.07) is 27.0. The van der Waals surface area contributed by atoms with E-state index in [2.05, 4.69) is 52.0 Å². The van der Waals surface area contributed by atoms with E-state index in [9.17, 15) is 4.39 Å². The molecule has 0 aliphatic heterocycles. The highest BCUT2D eigenvalue weighted by atomic mass is 28.3. The molecule has 0 aliphatic carbocycles. The average molecular weight is 408 g/mol. The SMILES string of the molecule is C[C@H](C(C)(C)C)[C@@](N)(O[SiH](c1ccccc1)c1ccccc1)c1ccc(F)cc1. The van der Waals surface area contributed by atoms with Crippen LogP contribution in [0.3, 0.4) is 0 Å². The molecule has 0 heterocycles. The fourth-order valence-corrected chi connectivity index (χ4v) is 6.08. The van der Waals surface area contributed by atoms with Crippen molar-refractivity contribution in [2.45, 2.75) is 33.4 Å². The van der Waals surface area contributed by atoms with E-state index < -0.39 is 14.8 Å². The first-order chi connectivity index (χ1) is 13.7. The van der Waals surface area contributed by atoms with Crippen molar-refractivity contribution in [2.24, 2.45) is 17.1 Å². The highest BCUT2D eigenvalue weighted by Gasteiger charge is 2.43. The maximum Gasteiger partial charge on any atom is 0.242 e. The van der Waals surface area contributed by atoms with Gasteiger partial charge in [0.15, 0.2) is 0 Å². The van der Waals surface area contributed by atoms with Gasteiger partial charge in [-0.2, -0.15) is 0 Å². The van der Waals surface area contributed by atoms with Crippen molar-refractivity contribution >= 4 is 19.4 Å². The monoisotopic (exact) mass is 407 g/mol. The Morgan fingerprint density at radius 1 is 0.793 bits per heavy atom. The predicted octanol–water partition coefficient (Wildman–Crippen LogP) is 4.17. The molecule has 0 fully saturated rings. The third-order valence-corrected chi connectivity index (χ3v) is 8.36. The molecule has 0 aromatic heterocycles. The van der Waals surface area contributed by atoms with Gasteiger partial charge < -0.3 is 10.2 Å². The van der Waals surface area contributed by atoms with Crippen LogP contribution in [0.5, 0.6) is 0 Å². The largest absolute Gasteiger partial charge is 0.389 e. The van der Waals surface area contributed by atoms with Crippen LogP contribution < -0.4 is 16.1 Å². The molecule has 0 spiro atoms. The molecule has 0 radical (unpaired) electrons. The zero-order valence-electron chi connectivity index (χ0n) is 17.6. The Labute approximate surface area is 175 Å². The molecule has 0 unspecified atom stereocenters. The molecule has 2 atom stereocenters. The van der Waals surface area contributed by atoms with Crippen molar-refractivity contribution in [1.82, 2.24) is 0 Å². The van der Waals surface area contributed by atoms with Gasteiger partial charge >= 0.3 is 0 Å². The van der Waals surface area contributed by atoms with Gasteiger partial charge in [-0.1, -0.05) is 100 Å². The summed E-state index contributed by atoms with van der Waals surface area (Å²) in [5.74, 6) is -0.290. The molecular weight excluding hydrogens is 377 g/mol. The minimum absolute atomic E-state index is 0.0112. The lowest BCUT2D eigenvalue weighted by molar-refractivity contribution is -0.0314. The highest BCUT2D eigenvalue weighted by Crippen LogP contribution is 2.40. The summed E-state index contributed by atoms with van der Waals surface area (Å²) in [5, 5.41) is 2.33. The Morgan fingerprint density at radius 3 is 1.66 bits per heavy atom. The lowest BCUT2D eigenvalue weighted by atomic mass is 9.73. The van der Waals surface area contributed by atoms with Crippen LogP contribution in [0.2, 0.25) is 0 Å². The Kier molecular flexibility index (Phi) is 6.37. The zero-order valence-corrected chi connectivity index (χ0v) is 18.8. The van der Waals surface area contributed by atoms with Crippen LogP contribution in [0, 0.1) is 17.2 Å². The summed E-state index contributed by atoms with van der Waals surface area (Å²) in [5.41, 5.74) is 6.71. The zero-order chi connectivity index (χ0) is 21.1. The van der Waals surface area contributed by atoms with Crippen molar-refractivity contribution in [3.8, 4) is 0 Å². The Balaban J connectivity index is 2.12. The van der Waals surface area contributed by atoms with Crippen LogP contribution >= 0.6 is 0 Å². The summed E-state index contributed by atoms with van der Waals surface area (Å²) in [6.45, 7) is 8.60. The molecule has 3 aromatic carbocycles. The van der Waals surface area contributed by atoms with E-state index in [4.69, 9.17) is 10.2 Å². The van der Waals surface area contributed by atoms with E-state index in [1.807, 2.05) is 36.4 Å². The topological polar surface area (TPSA) is 35.2 Å². The molecule has 3 rings (SSSR count). The lowest BCUT2D eigenvalue weighted by Gasteiger charge is -2.45. The summed E-state index contributed by atoms with van der Waals surface area (Å²) in [4.78, 5) is 0. The van der Waals surface area contributed by atoms with Crippen LogP contribution in [0.1, 0.15) is 33.3 Å². The van der Waals surface area contributed by atoms with Gasteiger partial charge in [-0.05, 0) is 33.5 Å². The van der Waals surface area contributed by atoms with Crippen molar-refractivity contribution in [1.29, 1.82) is 0 Å². The van der Waals surface area contributed by atoms with E-state index in [1.165, 1.54) is 12.1 Å². The molecule has 4 heteroatoms. The third kappa shape index (κ3) is 4.84. The maximum atomic E-state index is 13.6. The molecule has 152 valence electrons. The van der Waals surface area contributed by atoms with Gasteiger partial charge in [-0.3, -0.25) is 0 Å². The number of hydrogen-bond donors (Lipinski definition) is 1. The number of rotatable bonds is 6. The summed E-state index contributed by atoms with van der Waals surface area (Å²) in [6.07, 6.45) is 0. The number of benzene rings is 3. The lowest BCUT2D eigenvalue weighted by Crippen LogP contribution is -2.58. The van der Waals surface area contributed by atoms with Crippen LogP contribution in [0.4, 0.5) is 4.39 Å². The minimum atomic E-state index is -2.10. The summed E-state index contributed by atoms with van der Waals surface area (Å²) in [7, 11) is -2.10. The quantitative estimate of drug-likeness (QED) is 0.492. The Morgan fingerprint density at radius 2 is 1.24 bits per heavy atom. The Hall–Kier alpha value is -2.27. The van der Waals surface area contributed by atoms with Crippen molar-refractivity contribution < 1.29 is 8.82 Å². The first kappa shape index (κ1) is 21.4. The number of nitrogens with two attached hydrogens (primary N) is 1. The van der Waals surface area contributed by atoms with Crippen LogP contribution in [-0.2, 0) is 10.2 Å². The van der Waals surface area contributed by atoms with E-state index in [0.717, 1.165) is 15.9 Å². The van der Waals surface area contributed by atoms with E-state index in [-0.39, 0.29) is 17.2 Å². The van der Waals surface area contributed by atoms with E-state index in [0.29, 0.717) is 0 Å². The average Bonchev–Trinajstić information content (AvgIpc) is 2.72. The number of halogens is 1. The first-order valence-corrected chi connectivity index (χ1v) is 11.7. The second-order valence-electron chi connectivity index (χ2n) is 8.71. The molecule has 3 aromatic rings. The van der Waals surface area contributed by atoms with Crippen molar-refractivity contribution in [3.63, 3.8) is 0 Å². The van der Waals surface area contributed by atoms with Gasteiger partial charge in [0.05, 0.1) is 0 Å². The molecular formula is C25H30FNOSi. The van der Waals surface area contributed by atoms with Crippen LogP contribution in [0.15, 0.2) is 84.9 Å². The van der Waals surface area contributed by atoms with Crippen molar-refractivity contribution in [3.05, 3.63) is 96.3 Å². The third-order valence-electron chi connectivity index (χ3n) is 5.76. The first-order valence-electron chi connectivity index (χ1n) is 10.0. The smallest absolute Gasteiger partial charge is 0.242 e. The molecule has 29 heavy (non-hydrogen) atoms. The Bertz CT molecular complexity index is 870. The molecule has 0 amide bonds. The van der Waals surface area contributed by atoms with Gasteiger partial charge in [0.1, 0.15) is 11.5 Å². The molecule has 2 N–H and O–H groups in total. The standard InChI is InChI=1S/C25H30FNOSi/c1-19(24(2,3)4)25(27,20-15-17-21(26)18-16-20)28-29(22-11-7-5-8-12-22)23-13-9-6-10-14-23/h5-19,29H,27H2,1-4H3/t19-,25-/m1/s1. The molecule has 2 nitrogen and oxygen atoms in total. The second kappa shape index (κ2) is 8.62. The molecule has 0 bridgehead atoms. The second-order valence-corrected chi connectivity index (χ2v) is 11.0. The minimum Gasteiger partial charge on any atom is -0.389 e. The van der Waals surface area contributed by atoms with Gasteiger partial charge in [-0.25, -0.2) is 4.39 Å². The summed E-state index contributed by atoms with van der Waals surface area (Å²) >= 11 is 0. The number of hydrogen-bond acceptors (Lipinski definition) is 2. The molecule has 0 saturated heterocycles. The van der Waals surface area contributed by atoms with E-state index in [1.54, 1.807) is 12.1 Å². The van der Waals surface area contributed by atoms with E-state index >= 15 is 0 Å². The van der Waals surface area contributed by atoms with Crippen molar-refractivity contribution in [2.75, 3.05) is 0 Å². The highest BCUT2D eigenvalue weighted by molar-refractivity contribution is 6.80. The van der Waals surface area contributed by atoms with Gasteiger partial charge in [0, 0.05) is 5.92 Å². The molecule has 0 saturated carbocycles. The van der Waals surface area contributed by atoms with Crippen LogP contribution in [-0.4, -0.2) is 9.04 Å². The van der Waals surface area contributed by atoms with Crippen LogP contribution in [0.25, 0.3) is 0 Å². The van der Waals surface area contributed by atoms with Gasteiger partial charge in [0.2, 0.25) is 9.04 Å². The fraction of sp³-hybridized carbons (Fsp3) is 0.280. The van der Waals surface area contributed by atoms with Gasteiger partial charge in [0.25, 0.3) is 0 Å².